The number of hydrogen-bond acceptors (Lipinski definition) is 3. The fourth-order valence-corrected chi connectivity index (χ4v) is 3.77. The van der Waals surface area contributed by atoms with Crippen molar-refractivity contribution in [1.29, 1.82) is 0 Å². The first-order valence-electron chi connectivity index (χ1n) is 9.46. The molecule has 0 aliphatic heterocycles. The molecule has 2 aromatic carbocycles. The van der Waals surface area contributed by atoms with Gasteiger partial charge in [-0.25, -0.2) is 0 Å². The van der Waals surface area contributed by atoms with E-state index in [1.54, 1.807) is 0 Å². The molecule has 1 saturated carbocycles. The van der Waals surface area contributed by atoms with Gasteiger partial charge in [0.15, 0.2) is 0 Å². The molecule has 0 spiro atoms. The minimum atomic E-state index is -0.523. The molecule has 3 rings (SSSR count). The van der Waals surface area contributed by atoms with Crippen LogP contribution in [0, 0.1) is 11.3 Å². The van der Waals surface area contributed by atoms with Gasteiger partial charge in [0.1, 0.15) is 6.10 Å². The lowest BCUT2D eigenvalue weighted by Gasteiger charge is -2.48. The maximum Gasteiger partial charge on any atom is 0.110 e. The van der Waals surface area contributed by atoms with Crippen LogP contribution in [-0.4, -0.2) is 23.4 Å². The van der Waals surface area contributed by atoms with Crippen molar-refractivity contribution in [3.8, 4) is 0 Å². The molecule has 3 heteroatoms. The Morgan fingerprint density at radius 1 is 0.846 bits per heavy atom. The molecule has 140 valence electrons. The first-order valence-corrected chi connectivity index (χ1v) is 9.46. The van der Waals surface area contributed by atoms with E-state index in [4.69, 9.17) is 9.47 Å². The van der Waals surface area contributed by atoms with Gasteiger partial charge in [0.2, 0.25) is 0 Å². The van der Waals surface area contributed by atoms with Crippen LogP contribution in [0.5, 0.6) is 0 Å². The summed E-state index contributed by atoms with van der Waals surface area (Å²) in [6, 6.07) is 20.3. The van der Waals surface area contributed by atoms with Crippen molar-refractivity contribution < 1.29 is 14.6 Å². The van der Waals surface area contributed by atoms with Gasteiger partial charge >= 0.3 is 0 Å². The van der Waals surface area contributed by atoms with Gasteiger partial charge in [0, 0.05) is 0 Å². The molecule has 0 bridgehead atoms. The zero-order valence-corrected chi connectivity index (χ0v) is 16.0. The number of aliphatic hydroxyl groups is 1. The number of benzene rings is 2. The lowest BCUT2D eigenvalue weighted by Crippen LogP contribution is -2.55. The van der Waals surface area contributed by atoms with Crippen LogP contribution in [0.25, 0.3) is 0 Å². The summed E-state index contributed by atoms with van der Waals surface area (Å²) in [4.78, 5) is 0. The Kier molecular flexibility index (Phi) is 6.13. The predicted molar refractivity (Wildman–Crippen MR) is 104 cm³/mol. The third-order valence-corrected chi connectivity index (χ3v) is 5.73. The smallest absolute Gasteiger partial charge is 0.110 e. The quantitative estimate of drug-likeness (QED) is 0.825. The van der Waals surface area contributed by atoms with E-state index in [0.717, 1.165) is 17.5 Å². The van der Waals surface area contributed by atoms with Crippen LogP contribution >= 0.6 is 0 Å². The zero-order chi connectivity index (χ0) is 18.6. The van der Waals surface area contributed by atoms with Crippen molar-refractivity contribution >= 4 is 0 Å². The van der Waals surface area contributed by atoms with E-state index in [9.17, 15) is 5.11 Å². The molecule has 0 heterocycles. The van der Waals surface area contributed by atoms with Crippen molar-refractivity contribution in [3.05, 3.63) is 71.8 Å². The lowest BCUT2D eigenvalue weighted by molar-refractivity contribution is -0.196. The minimum Gasteiger partial charge on any atom is -0.390 e. The third-order valence-electron chi connectivity index (χ3n) is 5.73. The Morgan fingerprint density at radius 2 is 1.31 bits per heavy atom. The normalized spacial score (nSPS) is 28.0. The summed E-state index contributed by atoms with van der Waals surface area (Å²) in [5.74, 6) is 0.287. The fraction of sp³-hybridized carbons (Fsp3) is 0.478. The molecular formula is C23H30O3. The number of ether oxygens (including phenoxy) is 2. The van der Waals surface area contributed by atoms with Crippen LogP contribution in [0.4, 0.5) is 0 Å². The highest BCUT2D eigenvalue weighted by atomic mass is 16.5. The largest absolute Gasteiger partial charge is 0.390 e. The van der Waals surface area contributed by atoms with E-state index in [-0.39, 0.29) is 23.5 Å². The molecule has 3 nitrogen and oxygen atoms in total. The molecule has 0 aromatic heterocycles. The summed E-state index contributed by atoms with van der Waals surface area (Å²) >= 11 is 0. The topological polar surface area (TPSA) is 38.7 Å². The Morgan fingerprint density at radius 3 is 1.81 bits per heavy atom. The molecule has 26 heavy (non-hydrogen) atoms. The molecular weight excluding hydrogens is 324 g/mol. The second-order valence-corrected chi connectivity index (χ2v) is 8.07. The van der Waals surface area contributed by atoms with Gasteiger partial charge in [-0.3, -0.25) is 0 Å². The van der Waals surface area contributed by atoms with Crippen LogP contribution in [0.3, 0.4) is 0 Å². The summed E-state index contributed by atoms with van der Waals surface area (Å²) < 4.78 is 12.5. The maximum atomic E-state index is 10.8. The van der Waals surface area contributed by atoms with Crippen LogP contribution in [0.2, 0.25) is 0 Å². The molecule has 0 saturated heterocycles. The van der Waals surface area contributed by atoms with Gasteiger partial charge < -0.3 is 14.6 Å². The van der Waals surface area contributed by atoms with E-state index in [0.29, 0.717) is 13.2 Å². The second-order valence-electron chi connectivity index (χ2n) is 8.07. The molecule has 1 aliphatic rings. The summed E-state index contributed by atoms with van der Waals surface area (Å²) in [7, 11) is 0. The highest BCUT2D eigenvalue weighted by Gasteiger charge is 2.47. The molecule has 2 aromatic rings. The van der Waals surface area contributed by atoms with Crippen LogP contribution < -0.4 is 0 Å². The van der Waals surface area contributed by atoms with E-state index >= 15 is 0 Å². The molecule has 1 fully saturated rings. The van der Waals surface area contributed by atoms with Crippen molar-refractivity contribution in [2.45, 2.75) is 58.7 Å². The second kappa shape index (κ2) is 8.34. The predicted octanol–water partition coefficient (Wildman–Crippen LogP) is 4.58. The van der Waals surface area contributed by atoms with Gasteiger partial charge in [-0.1, -0.05) is 81.4 Å². The average molecular weight is 354 g/mol. The Balaban J connectivity index is 1.72. The number of hydrogen-bond donors (Lipinski definition) is 1. The first-order chi connectivity index (χ1) is 12.5. The maximum absolute atomic E-state index is 10.8. The van der Waals surface area contributed by atoms with Crippen molar-refractivity contribution in [2.75, 3.05) is 0 Å². The Labute approximate surface area is 157 Å². The van der Waals surface area contributed by atoms with Crippen LogP contribution in [0.1, 0.15) is 38.3 Å². The minimum absolute atomic E-state index is 0.00732. The Bertz CT molecular complexity index is 668. The number of rotatable bonds is 6. The van der Waals surface area contributed by atoms with E-state index in [1.165, 1.54) is 0 Å². The van der Waals surface area contributed by atoms with Gasteiger partial charge in [-0.2, -0.15) is 0 Å². The zero-order valence-electron chi connectivity index (χ0n) is 16.0. The van der Waals surface area contributed by atoms with Crippen molar-refractivity contribution in [2.24, 2.45) is 11.3 Å². The lowest BCUT2D eigenvalue weighted by atomic mass is 9.66. The highest BCUT2D eigenvalue weighted by molar-refractivity contribution is 5.14. The van der Waals surface area contributed by atoms with Gasteiger partial charge in [-0.05, 0) is 28.9 Å². The third kappa shape index (κ3) is 4.53. The average Bonchev–Trinajstić information content (AvgIpc) is 2.64. The van der Waals surface area contributed by atoms with Crippen LogP contribution in [-0.2, 0) is 22.7 Å². The molecule has 1 N–H and O–H groups in total. The van der Waals surface area contributed by atoms with Gasteiger partial charge in [0.05, 0.1) is 25.4 Å². The highest BCUT2D eigenvalue weighted by Crippen LogP contribution is 2.43. The first kappa shape index (κ1) is 19.1. The summed E-state index contributed by atoms with van der Waals surface area (Å²) in [6.07, 6.45) is -0.260. The van der Waals surface area contributed by atoms with E-state index in [1.807, 2.05) is 48.5 Å². The molecule has 4 atom stereocenters. The van der Waals surface area contributed by atoms with Gasteiger partial charge in [-0.15, -0.1) is 0 Å². The van der Waals surface area contributed by atoms with E-state index in [2.05, 4.69) is 32.9 Å². The summed E-state index contributed by atoms with van der Waals surface area (Å²) in [5.41, 5.74) is 2.26. The van der Waals surface area contributed by atoms with Crippen LogP contribution in [0.15, 0.2) is 60.7 Å². The Hall–Kier alpha value is -1.68. The SMILES string of the molecule is C[C@@H]1[C@@H](OCc2ccccc2)[C@@H](OCc2ccccc2)[C@@H](O)CC1(C)C. The molecule has 0 amide bonds. The van der Waals surface area contributed by atoms with E-state index < -0.39 is 6.10 Å². The summed E-state index contributed by atoms with van der Waals surface area (Å²) in [5, 5.41) is 10.8. The number of aliphatic hydroxyl groups excluding tert-OH is 1. The molecule has 1 aliphatic carbocycles. The molecule has 0 unspecified atom stereocenters. The summed E-state index contributed by atoms with van der Waals surface area (Å²) in [6.45, 7) is 7.63. The standard InChI is InChI=1S/C23H30O3/c1-17-21(25-15-18-10-6-4-7-11-18)22(20(24)14-23(17,2)3)26-16-19-12-8-5-9-13-19/h4-13,17,20-22,24H,14-16H2,1-3H3/t17-,20+,21-,22+/m1/s1. The van der Waals surface area contributed by atoms with Gasteiger partial charge in [0.25, 0.3) is 0 Å². The molecule has 0 radical (unpaired) electrons. The van der Waals surface area contributed by atoms with Crippen molar-refractivity contribution in [3.63, 3.8) is 0 Å². The fourth-order valence-electron chi connectivity index (χ4n) is 3.77. The van der Waals surface area contributed by atoms with Crippen molar-refractivity contribution in [1.82, 2.24) is 0 Å². The monoisotopic (exact) mass is 354 g/mol.